The van der Waals surface area contributed by atoms with Gasteiger partial charge in [0.15, 0.2) is 0 Å². The quantitative estimate of drug-likeness (QED) is 0.550. The molecule has 23 heavy (non-hydrogen) atoms. The molecule has 0 fully saturated rings. The molecule has 7 nitrogen and oxygen atoms in total. The highest BCUT2D eigenvalue weighted by Gasteiger charge is 2.07. The Morgan fingerprint density at radius 3 is 2.30 bits per heavy atom. The number of benzene rings is 1. The maximum atomic E-state index is 11.9. The van der Waals surface area contributed by atoms with Gasteiger partial charge in [-0.3, -0.25) is 9.59 Å². The van der Waals surface area contributed by atoms with Crippen LogP contribution in [0.15, 0.2) is 24.3 Å². The Morgan fingerprint density at radius 1 is 1.09 bits per heavy atom. The summed E-state index contributed by atoms with van der Waals surface area (Å²) in [5, 5.41) is 16.6. The predicted octanol–water partition coefficient (Wildman–Crippen LogP) is 2.20. The molecular formula is C16H23N3O4. The Kier molecular flexibility index (Phi) is 7.59. The molecule has 0 atom stereocenters. The highest BCUT2D eigenvalue weighted by Crippen LogP contribution is 2.09. The van der Waals surface area contributed by atoms with Crippen molar-refractivity contribution in [2.75, 3.05) is 11.9 Å². The maximum Gasteiger partial charge on any atom is 0.319 e. The van der Waals surface area contributed by atoms with Crippen molar-refractivity contribution in [3.63, 3.8) is 0 Å². The van der Waals surface area contributed by atoms with Gasteiger partial charge in [-0.2, -0.15) is 0 Å². The van der Waals surface area contributed by atoms with Crippen LogP contribution in [0.4, 0.5) is 10.5 Å². The van der Waals surface area contributed by atoms with E-state index in [9.17, 15) is 14.4 Å². The van der Waals surface area contributed by atoms with Crippen LogP contribution in [-0.2, 0) is 4.79 Å². The van der Waals surface area contributed by atoms with Crippen molar-refractivity contribution in [1.29, 1.82) is 0 Å². The monoisotopic (exact) mass is 321 g/mol. The van der Waals surface area contributed by atoms with Gasteiger partial charge >= 0.3 is 12.0 Å². The summed E-state index contributed by atoms with van der Waals surface area (Å²) in [4.78, 5) is 33.8. The largest absolute Gasteiger partial charge is 0.481 e. The Morgan fingerprint density at radius 2 is 1.74 bits per heavy atom. The number of amides is 3. The summed E-state index contributed by atoms with van der Waals surface area (Å²) in [6.07, 6.45) is 1.26. The zero-order valence-electron chi connectivity index (χ0n) is 13.4. The van der Waals surface area contributed by atoms with Crippen LogP contribution in [0, 0.1) is 0 Å². The second-order valence-electron chi connectivity index (χ2n) is 5.44. The SMILES string of the molecule is CC(C)NC(=O)Nc1ccc(C(=O)NCCCCC(=O)O)cc1. The predicted molar refractivity (Wildman–Crippen MR) is 87.6 cm³/mol. The van der Waals surface area contributed by atoms with E-state index in [4.69, 9.17) is 5.11 Å². The first-order valence-corrected chi connectivity index (χ1v) is 7.56. The van der Waals surface area contributed by atoms with E-state index in [-0.39, 0.29) is 24.4 Å². The molecule has 0 aliphatic heterocycles. The molecule has 0 aromatic heterocycles. The standard InChI is InChI=1S/C16H23N3O4/c1-11(2)18-16(23)19-13-8-6-12(7-9-13)15(22)17-10-4-3-5-14(20)21/h6-9,11H,3-5,10H2,1-2H3,(H,17,22)(H,20,21)(H2,18,19,23). The van der Waals surface area contributed by atoms with E-state index in [0.717, 1.165) is 0 Å². The number of carboxylic acids is 1. The number of nitrogens with one attached hydrogen (secondary N) is 3. The van der Waals surface area contributed by atoms with Gasteiger partial charge in [0.05, 0.1) is 0 Å². The van der Waals surface area contributed by atoms with E-state index in [0.29, 0.717) is 30.6 Å². The van der Waals surface area contributed by atoms with Gasteiger partial charge in [-0.15, -0.1) is 0 Å². The van der Waals surface area contributed by atoms with E-state index < -0.39 is 5.97 Å². The van der Waals surface area contributed by atoms with E-state index >= 15 is 0 Å². The van der Waals surface area contributed by atoms with Crippen LogP contribution in [0.25, 0.3) is 0 Å². The normalized spacial score (nSPS) is 10.2. The first-order valence-electron chi connectivity index (χ1n) is 7.56. The fourth-order valence-corrected chi connectivity index (χ4v) is 1.84. The number of urea groups is 1. The van der Waals surface area contributed by atoms with Crippen LogP contribution in [0.5, 0.6) is 0 Å². The lowest BCUT2D eigenvalue weighted by atomic mass is 10.2. The van der Waals surface area contributed by atoms with Gasteiger partial charge in [0.2, 0.25) is 0 Å². The molecule has 0 aliphatic rings. The average Bonchev–Trinajstić information content (AvgIpc) is 2.46. The second-order valence-corrected chi connectivity index (χ2v) is 5.44. The third-order valence-corrected chi connectivity index (χ3v) is 2.93. The van der Waals surface area contributed by atoms with E-state index in [2.05, 4.69) is 16.0 Å². The minimum absolute atomic E-state index is 0.0428. The lowest BCUT2D eigenvalue weighted by Crippen LogP contribution is -2.34. The third kappa shape index (κ3) is 7.85. The molecule has 1 aromatic rings. The third-order valence-electron chi connectivity index (χ3n) is 2.93. The lowest BCUT2D eigenvalue weighted by Gasteiger charge is -2.10. The average molecular weight is 321 g/mol. The number of unbranched alkanes of at least 4 members (excludes halogenated alkanes) is 1. The minimum Gasteiger partial charge on any atom is -0.481 e. The summed E-state index contributed by atoms with van der Waals surface area (Å²) in [5.74, 6) is -1.06. The fourth-order valence-electron chi connectivity index (χ4n) is 1.84. The van der Waals surface area contributed by atoms with Gasteiger partial charge in [0.1, 0.15) is 0 Å². The molecule has 0 saturated carbocycles. The molecule has 0 aliphatic carbocycles. The van der Waals surface area contributed by atoms with Crippen LogP contribution >= 0.6 is 0 Å². The number of hydrogen-bond donors (Lipinski definition) is 4. The van der Waals surface area contributed by atoms with Crippen LogP contribution in [-0.4, -0.2) is 35.6 Å². The molecule has 1 rings (SSSR count). The zero-order chi connectivity index (χ0) is 17.2. The first kappa shape index (κ1) is 18.5. The van der Waals surface area contributed by atoms with Gasteiger partial charge < -0.3 is 21.1 Å². The number of anilines is 1. The molecule has 126 valence electrons. The number of carbonyl (C=O) groups excluding carboxylic acids is 2. The van der Waals surface area contributed by atoms with E-state index in [1.165, 1.54) is 0 Å². The van der Waals surface area contributed by atoms with Gasteiger partial charge in [0.25, 0.3) is 5.91 Å². The molecule has 7 heteroatoms. The van der Waals surface area contributed by atoms with Crippen LogP contribution in [0.3, 0.4) is 0 Å². The van der Waals surface area contributed by atoms with Crippen molar-refractivity contribution in [3.8, 4) is 0 Å². The number of carbonyl (C=O) groups is 3. The van der Waals surface area contributed by atoms with Crippen molar-refractivity contribution in [2.45, 2.75) is 39.2 Å². The molecule has 0 bridgehead atoms. The fraction of sp³-hybridized carbons (Fsp3) is 0.438. The summed E-state index contributed by atoms with van der Waals surface area (Å²) in [6.45, 7) is 4.16. The van der Waals surface area contributed by atoms with Crippen molar-refractivity contribution >= 4 is 23.6 Å². The molecule has 0 spiro atoms. The summed E-state index contributed by atoms with van der Waals surface area (Å²) in [7, 11) is 0. The van der Waals surface area contributed by atoms with Gasteiger partial charge in [-0.1, -0.05) is 0 Å². The summed E-state index contributed by atoms with van der Waals surface area (Å²) < 4.78 is 0. The molecule has 1 aromatic carbocycles. The Hall–Kier alpha value is -2.57. The van der Waals surface area contributed by atoms with Crippen LogP contribution in [0.1, 0.15) is 43.5 Å². The number of aliphatic carboxylic acids is 1. The summed E-state index contributed by atoms with van der Waals surface area (Å²) in [6, 6.07) is 6.30. The van der Waals surface area contributed by atoms with E-state index in [1.54, 1.807) is 24.3 Å². The molecular weight excluding hydrogens is 298 g/mol. The van der Waals surface area contributed by atoms with Crippen LogP contribution < -0.4 is 16.0 Å². The highest BCUT2D eigenvalue weighted by molar-refractivity contribution is 5.95. The summed E-state index contributed by atoms with van der Waals surface area (Å²) in [5.41, 5.74) is 1.08. The topological polar surface area (TPSA) is 108 Å². The molecule has 0 saturated heterocycles. The zero-order valence-corrected chi connectivity index (χ0v) is 13.4. The van der Waals surface area contributed by atoms with Crippen molar-refractivity contribution in [3.05, 3.63) is 29.8 Å². The van der Waals surface area contributed by atoms with Gasteiger partial charge in [-0.25, -0.2) is 4.79 Å². The van der Waals surface area contributed by atoms with Crippen molar-refractivity contribution in [2.24, 2.45) is 0 Å². The van der Waals surface area contributed by atoms with Crippen molar-refractivity contribution in [1.82, 2.24) is 10.6 Å². The van der Waals surface area contributed by atoms with Gasteiger partial charge in [0, 0.05) is 30.3 Å². The molecule has 0 radical (unpaired) electrons. The number of rotatable bonds is 8. The molecule has 0 heterocycles. The number of carboxylic acid groups (broad SMARTS) is 1. The smallest absolute Gasteiger partial charge is 0.319 e. The van der Waals surface area contributed by atoms with Crippen LogP contribution in [0.2, 0.25) is 0 Å². The molecule has 4 N–H and O–H groups in total. The Balaban J connectivity index is 2.38. The number of hydrogen-bond acceptors (Lipinski definition) is 3. The summed E-state index contributed by atoms with van der Waals surface area (Å²) >= 11 is 0. The molecule has 0 unspecified atom stereocenters. The molecule has 3 amide bonds. The van der Waals surface area contributed by atoms with Crippen molar-refractivity contribution < 1.29 is 19.5 Å². The first-order chi connectivity index (χ1) is 10.9. The Labute approximate surface area is 135 Å². The van der Waals surface area contributed by atoms with E-state index in [1.807, 2.05) is 13.8 Å². The minimum atomic E-state index is -0.832. The second kappa shape index (κ2) is 9.45. The lowest BCUT2D eigenvalue weighted by molar-refractivity contribution is -0.137. The van der Waals surface area contributed by atoms with Gasteiger partial charge in [-0.05, 0) is 51.0 Å². The highest BCUT2D eigenvalue weighted by atomic mass is 16.4. The Bertz CT molecular complexity index is 541. The maximum absolute atomic E-state index is 11.9.